The Bertz CT molecular complexity index is 2390. The Labute approximate surface area is 441 Å². The number of carboxylic acid groups (broad SMARTS) is 1. The van der Waals surface area contributed by atoms with Crippen molar-refractivity contribution in [2.75, 3.05) is 31.5 Å². The molecular weight excluding hydrogens is 1010 g/mol. The zero-order chi connectivity index (χ0) is 55.1. The van der Waals surface area contributed by atoms with E-state index in [-0.39, 0.29) is 35.7 Å². The van der Waals surface area contributed by atoms with Gasteiger partial charge in [0.25, 0.3) is 6.02 Å². The van der Waals surface area contributed by atoms with Crippen LogP contribution in [0.5, 0.6) is 11.5 Å². The molecular formula is C55H70Cl2F6N4O7. The summed E-state index contributed by atoms with van der Waals surface area (Å²) in [7, 11) is 0. The summed E-state index contributed by atoms with van der Waals surface area (Å²) >= 11 is 9.53. The minimum absolute atomic E-state index is 0.118. The molecule has 3 aliphatic rings. The zero-order valence-corrected chi connectivity index (χ0v) is 45.0. The van der Waals surface area contributed by atoms with Crippen molar-refractivity contribution >= 4 is 41.2 Å². The van der Waals surface area contributed by atoms with E-state index in [1.165, 1.54) is 24.3 Å². The molecule has 0 spiro atoms. The number of amidine groups is 1. The van der Waals surface area contributed by atoms with E-state index in [1.54, 1.807) is 20.8 Å². The fourth-order valence-corrected chi connectivity index (χ4v) is 8.67. The van der Waals surface area contributed by atoms with Gasteiger partial charge in [-0.3, -0.25) is 14.7 Å². The number of aliphatic imine (C=N–C) groups is 1. The van der Waals surface area contributed by atoms with Gasteiger partial charge in [0.1, 0.15) is 17.1 Å². The number of rotatable bonds is 12. The largest absolute Gasteiger partial charge is 0.478 e. The monoisotopic (exact) mass is 1080 g/mol. The smallest absolute Gasteiger partial charge is 0.416 e. The number of ether oxygens (including phenoxy) is 4. The third kappa shape index (κ3) is 18.6. The minimum atomic E-state index is -4.44. The van der Waals surface area contributed by atoms with Crippen LogP contribution in [0.2, 0.25) is 0 Å². The maximum Gasteiger partial charge on any atom is 0.416 e. The Kier molecular flexibility index (Phi) is 22.0. The van der Waals surface area contributed by atoms with Gasteiger partial charge in [0.15, 0.2) is 5.72 Å². The molecule has 0 bridgehead atoms. The van der Waals surface area contributed by atoms with Crippen molar-refractivity contribution in [1.29, 1.82) is 0 Å². The molecule has 11 nitrogen and oxygen atoms in total. The van der Waals surface area contributed by atoms with E-state index in [0.29, 0.717) is 50.9 Å². The molecule has 2 unspecified atom stereocenters. The molecule has 3 heterocycles. The highest BCUT2D eigenvalue weighted by Crippen LogP contribution is 2.36. The Balaban J connectivity index is 0.000000250. The number of halogens is 8. The minimum Gasteiger partial charge on any atom is -0.478 e. The van der Waals surface area contributed by atoms with E-state index in [9.17, 15) is 41.0 Å². The van der Waals surface area contributed by atoms with Gasteiger partial charge in [-0.1, -0.05) is 60.7 Å². The highest BCUT2D eigenvalue weighted by atomic mass is 35.5. The van der Waals surface area contributed by atoms with Gasteiger partial charge in [0, 0.05) is 51.1 Å². The number of piperidine rings is 2. The van der Waals surface area contributed by atoms with Crippen molar-refractivity contribution in [2.24, 2.45) is 4.99 Å². The second-order valence-corrected chi connectivity index (χ2v) is 21.1. The SMILES string of the molecule is CC(C)(C)OC(=O)C1(Oc2ccc(C(F)(F)F)cc2)CCCN(Cc2ccccc2)C1.CC(C)N=C1OC(C)(C)N1C(C)C.ClCCl.O=C(O)C1(Oc2ccc(C(F)(F)F)cc2)CCCN(Cc2ccccc2)C1. The lowest BCUT2D eigenvalue weighted by atomic mass is 9.91. The van der Waals surface area contributed by atoms with Gasteiger partial charge >= 0.3 is 24.3 Å². The Morgan fingerprint density at radius 1 is 0.676 bits per heavy atom. The number of alkyl halides is 8. The van der Waals surface area contributed by atoms with Gasteiger partial charge in [-0.15, -0.1) is 23.2 Å². The average Bonchev–Trinajstić information content (AvgIpc) is 3.29. The van der Waals surface area contributed by atoms with E-state index >= 15 is 0 Å². The van der Waals surface area contributed by atoms with Crippen LogP contribution in [0.3, 0.4) is 0 Å². The molecule has 1 N–H and O–H groups in total. The summed E-state index contributed by atoms with van der Waals surface area (Å²) in [6.45, 7) is 21.1. The maximum absolute atomic E-state index is 13.2. The van der Waals surface area contributed by atoms with Crippen molar-refractivity contribution in [3.8, 4) is 11.5 Å². The summed E-state index contributed by atoms with van der Waals surface area (Å²) in [5.41, 5.74) is -3.05. The number of carbonyl (C=O) groups is 2. The van der Waals surface area contributed by atoms with Crippen molar-refractivity contribution in [2.45, 2.75) is 148 Å². The van der Waals surface area contributed by atoms with Gasteiger partial charge in [-0.25, -0.2) is 14.6 Å². The highest BCUT2D eigenvalue weighted by molar-refractivity contribution is 6.40. The summed E-state index contributed by atoms with van der Waals surface area (Å²) in [5.74, 6) is -1.29. The number of aliphatic carboxylic acids is 1. The molecule has 3 aliphatic heterocycles. The van der Waals surface area contributed by atoms with Crippen molar-refractivity contribution in [3.05, 3.63) is 131 Å². The first-order valence-electron chi connectivity index (χ1n) is 24.4. The van der Waals surface area contributed by atoms with Crippen LogP contribution in [0, 0.1) is 0 Å². The van der Waals surface area contributed by atoms with Crippen LogP contribution in [0.1, 0.15) is 110 Å². The average molecular weight is 1080 g/mol. The first-order valence-corrected chi connectivity index (χ1v) is 25.5. The van der Waals surface area contributed by atoms with Crippen LogP contribution in [0.4, 0.5) is 26.3 Å². The summed E-state index contributed by atoms with van der Waals surface area (Å²) in [5, 5.41) is 9.98. The van der Waals surface area contributed by atoms with Crippen LogP contribution < -0.4 is 9.47 Å². The lowest BCUT2D eigenvalue weighted by Gasteiger charge is -2.52. The van der Waals surface area contributed by atoms with Crippen molar-refractivity contribution in [3.63, 3.8) is 0 Å². The Morgan fingerprint density at radius 2 is 1.07 bits per heavy atom. The topological polar surface area (TPSA) is 113 Å². The lowest BCUT2D eigenvalue weighted by molar-refractivity contribution is -0.179. The highest BCUT2D eigenvalue weighted by Gasteiger charge is 2.49. The predicted octanol–water partition coefficient (Wildman–Crippen LogP) is 13.3. The Morgan fingerprint density at radius 3 is 1.42 bits per heavy atom. The normalized spacial score (nSPS) is 20.6. The molecule has 19 heteroatoms. The summed E-state index contributed by atoms with van der Waals surface area (Å²) in [4.78, 5) is 35.9. The van der Waals surface area contributed by atoms with Gasteiger partial charge < -0.3 is 24.1 Å². The van der Waals surface area contributed by atoms with Gasteiger partial charge in [0.2, 0.25) is 11.2 Å². The fourth-order valence-electron chi connectivity index (χ4n) is 8.67. The molecule has 74 heavy (non-hydrogen) atoms. The maximum atomic E-state index is 13.2. The first kappa shape index (κ1) is 61.3. The van der Waals surface area contributed by atoms with Crippen LogP contribution in [-0.4, -0.2) is 104 Å². The molecule has 3 saturated heterocycles. The second kappa shape index (κ2) is 26.5. The molecule has 0 aliphatic carbocycles. The molecule has 0 radical (unpaired) electrons. The van der Waals surface area contributed by atoms with Crippen LogP contribution in [0.25, 0.3) is 0 Å². The van der Waals surface area contributed by atoms with Crippen LogP contribution in [-0.2, 0) is 44.5 Å². The molecule has 4 aromatic rings. The van der Waals surface area contributed by atoms with E-state index in [1.807, 2.05) is 65.6 Å². The standard InChI is InChI=1S/C24H28F3NO3.C20H20F3NO3.C10H20N2O.CH2Cl2/c1-22(2,3)31-21(29)23(30-20-12-10-19(11-13-20)24(25,26)27)14-7-15-28(17-23)16-18-8-5-4-6-9-18;21-20(22,23)16-7-9-17(10-8-16)27-19(18(25)26)11-4-12-24(14-19)13-15-5-2-1-3-6-15;1-7(2)11-9-12(8(3)4)10(5,6)13-9;2-1-3/h4-6,8-13H,7,14-17H2,1-3H3;1-3,5-10H,4,11-14H2,(H,25,26);7-8H,1-6H3;1H2. The number of hydrogen-bond acceptors (Lipinski definition) is 9. The number of carboxylic acids is 1. The van der Waals surface area contributed by atoms with Crippen LogP contribution in [0.15, 0.2) is 114 Å². The number of carbonyl (C=O) groups excluding carboxylic acids is 1. The summed E-state index contributed by atoms with van der Waals surface area (Å²) in [6, 6.07) is 29.7. The van der Waals surface area contributed by atoms with Gasteiger partial charge in [-0.2, -0.15) is 26.3 Å². The number of nitrogens with zero attached hydrogens (tertiary/aromatic N) is 4. The summed E-state index contributed by atoms with van der Waals surface area (Å²) < 4.78 is 99.9. The molecule has 2 atom stereocenters. The quantitative estimate of drug-likeness (QED) is 0.0836. The van der Waals surface area contributed by atoms with E-state index in [2.05, 4.69) is 56.3 Å². The van der Waals surface area contributed by atoms with Gasteiger partial charge in [-0.05, 0) is 148 Å². The molecule has 4 aromatic carbocycles. The van der Waals surface area contributed by atoms with Crippen LogP contribution >= 0.6 is 23.2 Å². The number of benzene rings is 4. The fraction of sp³-hybridized carbons (Fsp3) is 0.509. The van der Waals surface area contributed by atoms with Crippen molar-refractivity contribution < 1.29 is 60.0 Å². The third-order valence-electron chi connectivity index (χ3n) is 11.7. The van der Waals surface area contributed by atoms with Gasteiger partial charge in [0.05, 0.1) is 16.5 Å². The summed E-state index contributed by atoms with van der Waals surface area (Å²) in [6.07, 6.45) is -6.83. The lowest BCUT2D eigenvalue weighted by Crippen LogP contribution is -2.65. The number of esters is 1. The van der Waals surface area contributed by atoms with E-state index in [4.69, 9.17) is 42.1 Å². The third-order valence-corrected chi connectivity index (χ3v) is 11.7. The molecule has 408 valence electrons. The molecule has 3 fully saturated rings. The van der Waals surface area contributed by atoms with E-state index in [0.717, 1.165) is 54.5 Å². The number of hydrogen-bond donors (Lipinski definition) is 1. The molecule has 0 aromatic heterocycles. The number of likely N-dealkylation sites (tertiary alicyclic amines) is 2. The molecule has 7 rings (SSSR count). The molecule has 0 saturated carbocycles. The first-order chi connectivity index (χ1) is 34.5. The second-order valence-electron chi connectivity index (χ2n) is 20.3. The van der Waals surface area contributed by atoms with E-state index < -0.39 is 52.2 Å². The zero-order valence-electron chi connectivity index (χ0n) is 43.5. The van der Waals surface area contributed by atoms with Crippen molar-refractivity contribution in [1.82, 2.24) is 14.7 Å². The Hall–Kier alpha value is -5.23. The predicted molar refractivity (Wildman–Crippen MR) is 276 cm³/mol. The molecule has 0 amide bonds.